The molecule has 2 aromatic rings. The fourth-order valence-corrected chi connectivity index (χ4v) is 4.58. The molecule has 1 saturated carbocycles. The van der Waals surface area contributed by atoms with Crippen LogP contribution in [0.3, 0.4) is 0 Å². The molecule has 0 N–H and O–H groups in total. The van der Waals surface area contributed by atoms with Gasteiger partial charge in [0.1, 0.15) is 0 Å². The summed E-state index contributed by atoms with van der Waals surface area (Å²) >= 11 is 0. The lowest BCUT2D eigenvalue weighted by Gasteiger charge is -2.38. The zero-order chi connectivity index (χ0) is 18.6. The Morgan fingerprint density at radius 3 is 2.73 bits per heavy atom. The average Bonchev–Trinajstić information content (AvgIpc) is 2.85. The summed E-state index contributed by atoms with van der Waals surface area (Å²) in [4.78, 5) is 17.6. The van der Waals surface area contributed by atoms with E-state index in [0.29, 0.717) is 12.5 Å². The molecule has 0 spiro atoms. The van der Waals surface area contributed by atoms with Gasteiger partial charge in [0.05, 0.1) is 23.2 Å². The predicted molar refractivity (Wildman–Crippen MR) is 102 cm³/mol. The minimum absolute atomic E-state index is 0.0157. The summed E-state index contributed by atoms with van der Waals surface area (Å²) in [5.74, 6) is 0.871. The molecule has 5 heteroatoms. The normalized spacial score (nSPS) is 25.3. The second-order valence-electron chi connectivity index (χ2n) is 9.06. The maximum atomic E-state index is 12.7. The van der Waals surface area contributed by atoms with E-state index in [1.165, 1.54) is 12.0 Å². The van der Waals surface area contributed by atoms with Gasteiger partial charge in [-0.3, -0.25) is 9.13 Å². The maximum absolute atomic E-state index is 12.7. The third-order valence-corrected chi connectivity index (χ3v) is 5.78. The smallest absolute Gasteiger partial charge is 0.290 e. The number of aromatic nitrogens is 3. The standard InChI is InChI=1S/C21H26N4O/c1-21(2,3)12-25-18-8-7-17(23-19(18)24(4)20(25)26)16-10-13-5-6-15(16)14(9-13)11-22/h7-8,10,13-15H,5-6,9,12H2,1-4H3. The number of aryl methyl sites for hydroxylation is 1. The summed E-state index contributed by atoms with van der Waals surface area (Å²) in [5, 5.41) is 9.50. The van der Waals surface area contributed by atoms with Gasteiger partial charge in [0.15, 0.2) is 5.65 Å². The van der Waals surface area contributed by atoms with Gasteiger partial charge in [-0.2, -0.15) is 5.26 Å². The van der Waals surface area contributed by atoms with Gasteiger partial charge in [0.2, 0.25) is 0 Å². The second-order valence-corrected chi connectivity index (χ2v) is 9.06. The van der Waals surface area contributed by atoms with Crippen LogP contribution in [-0.2, 0) is 13.6 Å². The van der Waals surface area contributed by atoms with Gasteiger partial charge in [0.25, 0.3) is 0 Å². The third kappa shape index (κ3) is 2.68. The Balaban J connectivity index is 1.82. The minimum atomic E-state index is -0.0198. The second kappa shape index (κ2) is 5.84. The molecule has 0 radical (unpaired) electrons. The van der Waals surface area contributed by atoms with Crippen molar-refractivity contribution >= 4 is 16.7 Å². The number of hydrogen-bond acceptors (Lipinski definition) is 3. The molecule has 3 unspecified atom stereocenters. The van der Waals surface area contributed by atoms with Crippen LogP contribution in [0.25, 0.3) is 16.7 Å². The number of nitrogens with zero attached hydrogens (tertiary/aromatic N) is 4. The van der Waals surface area contributed by atoms with E-state index in [9.17, 15) is 10.1 Å². The summed E-state index contributed by atoms with van der Waals surface area (Å²) in [6.07, 6.45) is 5.54. The zero-order valence-electron chi connectivity index (χ0n) is 16.0. The van der Waals surface area contributed by atoms with Crippen molar-refractivity contribution in [3.63, 3.8) is 0 Å². The summed E-state index contributed by atoms with van der Waals surface area (Å²) < 4.78 is 3.47. The van der Waals surface area contributed by atoms with Crippen molar-refractivity contribution in [2.24, 2.45) is 30.2 Å². The van der Waals surface area contributed by atoms with E-state index in [0.717, 1.165) is 29.7 Å². The Morgan fingerprint density at radius 1 is 1.31 bits per heavy atom. The van der Waals surface area contributed by atoms with Crippen LogP contribution in [0.2, 0.25) is 0 Å². The highest BCUT2D eigenvalue weighted by Crippen LogP contribution is 2.47. The lowest BCUT2D eigenvalue weighted by molar-refractivity contribution is 0.279. The number of hydrogen-bond donors (Lipinski definition) is 0. The van der Waals surface area contributed by atoms with Crippen LogP contribution in [0.1, 0.15) is 45.7 Å². The van der Waals surface area contributed by atoms with Crippen molar-refractivity contribution in [2.45, 2.75) is 46.6 Å². The topological polar surface area (TPSA) is 63.6 Å². The molecule has 2 aromatic heterocycles. The van der Waals surface area contributed by atoms with E-state index in [1.54, 1.807) is 11.6 Å². The summed E-state index contributed by atoms with van der Waals surface area (Å²) in [6, 6.07) is 6.55. The monoisotopic (exact) mass is 350 g/mol. The number of rotatable bonds is 2. The van der Waals surface area contributed by atoms with Crippen molar-refractivity contribution in [3.8, 4) is 6.07 Å². The number of pyridine rings is 1. The van der Waals surface area contributed by atoms with Gasteiger partial charge in [-0.25, -0.2) is 9.78 Å². The molecule has 2 bridgehead atoms. The molecule has 1 fully saturated rings. The van der Waals surface area contributed by atoms with Gasteiger partial charge in [-0.05, 0) is 48.3 Å². The summed E-state index contributed by atoms with van der Waals surface area (Å²) in [5.41, 5.74) is 3.74. The van der Waals surface area contributed by atoms with Crippen molar-refractivity contribution in [1.29, 1.82) is 5.26 Å². The highest BCUT2D eigenvalue weighted by molar-refractivity contribution is 5.77. The first-order valence-corrected chi connectivity index (χ1v) is 9.46. The van der Waals surface area contributed by atoms with Gasteiger partial charge < -0.3 is 0 Å². The van der Waals surface area contributed by atoms with Crippen LogP contribution >= 0.6 is 0 Å². The van der Waals surface area contributed by atoms with E-state index in [2.05, 4.69) is 32.9 Å². The Hall–Kier alpha value is -2.35. The van der Waals surface area contributed by atoms with Crippen LogP contribution in [0.4, 0.5) is 0 Å². The fraction of sp³-hybridized carbons (Fsp3) is 0.571. The molecular formula is C21H26N4O. The van der Waals surface area contributed by atoms with Gasteiger partial charge in [-0.15, -0.1) is 0 Å². The Bertz CT molecular complexity index is 996. The molecule has 0 amide bonds. The maximum Gasteiger partial charge on any atom is 0.330 e. The van der Waals surface area contributed by atoms with Gasteiger partial charge >= 0.3 is 5.69 Å². The minimum Gasteiger partial charge on any atom is -0.290 e. The van der Waals surface area contributed by atoms with Crippen molar-refractivity contribution < 1.29 is 0 Å². The largest absolute Gasteiger partial charge is 0.330 e. The lowest BCUT2D eigenvalue weighted by Crippen LogP contribution is -2.29. The van der Waals surface area contributed by atoms with E-state index in [4.69, 9.17) is 4.98 Å². The lowest BCUT2D eigenvalue weighted by atomic mass is 9.65. The third-order valence-electron chi connectivity index (χ3n) is 5.78. The molecule has 136 valence electrons. The van der Waals surface area contributed by atoms with Crippen molar-refractivity contribution in [1.82, 2.24) is 14.1 Å². The van der Waals surface area contributed by atoms with E-state index >= 15 is 0 Å². The molecule has 5 rings (SSSR count). The summed E-state index contributed by atoms with van der Waals surface area (Å²) in [6.45, 7) is 7.05. The highest BCUT2D eigenvalue weighted by Gasteiger charge is 2.38. The van der Waals surface area contributed by atoms with Crippen molar-refractivity contribution in [2.75, 3.05) is 0 Å². The van der Waals surface area contributed by atoms with E-state index < -0.39 is 0 Å². The van der Waals surface area contributed by atoms with Crippen LogP contribution in [0.5, 0.6) is 0 Å². The zero-order valence-corrected chi connectivity index (χ0v) is 16.0. The molecule has 3 aliphatic rings. The van der Waals surface area contributed by atoms with Crippen LogP contribution in [-0.4, -0.2) is 14.1 Å². The van der Waals surface area contributed by atoms with Crippen LogP contribution in [0, 0.1) is 34.5 Å². The van der Waals surface area contributed by atoms with E-state index in [-0.39, 0.29) is 22.9 Å². The highest BCUT2D eigenvalue weighted by atomic mass is 16.1. The van der Waals surface area contributed by atoms with Crippen LogP contribution < -0.4 is 5.69 Å². The SMILES string of the molecule is Cn1c(=O)n(CC(C)(C)C)c2ccc(C3=CC4CCC3C(C#N)C4)nc21. The van der Waals surface area contributed by atoms with Crippen LogP contribution in [0.15, 0.2) is 23.0 Å². The molecule has 0 saturated heterocycles. The molecule has 3 atom stereocenters. The Labute approximate surface area is 154 Å². The first-order valence-electron chi connectivity index (χ1n) is 9.46. The van der Waals surface area contributed by atoms with E-state index in [1.807, 2.05) is 16.7 Å². The quantitative estimate of drug-likeness (QED) is 0.829. The molecular weight excluding hydrogens is 324 g/mol. The van der Waals surface area contributed by atoms with Gasteiger partial charge in [-0.1, -0.05) is 26.8 Å². The number of nitriles is 1. The molecule has 26 heavy (non-hydrogen) atoms. The van der Waals surface area contributed by atoms with Gasteiger partial charge in [0, 0.05) is 19.5 Å². The number of fused-ring (bicyclic) bond motifs is 3. The van der Waals surface area contributed by atoms with Crippen molar-refractivity contribution in [3.05, 3.63) is 34.4 Å². The fourth-order valence-electron chi connectivity index (χ4n) is 4.58. The molecule has 5 nitrogen and oxygen atoms in total. The number of imidazole rings is 1. The number of allylic oxidation sites excluding steroid dienone is 2. The average molecular weight is 350 g/mol. The molecule has 0 aliphatic heterocycles. The molecule has 2 heterocycles. The Morgan fingerprint density at radius 2 is 2.08 bits per heavy atom. The summed E-state index contributed by atoms with van der Waals surface area (Å²) in [7, 11) is 1.79. The molecule has 3 aliphatic carbocycles. The first-order chi connectivity index (χ1) is 12.3. The Kier molecular flexibility index (Phi) is 3.83. The first kappa shape index (κ1) is 17.1. The molecule has 0 aromatic carbocycles. The predicted octanol–water partition coefficient (Wildman–Crippen LogP) is 3.73.